The maximum Gasteiger partial charge on any atom is 0.187 e. The minimum atomic E-state index is -0.187. The number of unbranched alkanes of at least 4 members (excludes halogenated alkanes) is 1. The van der Waals surface area contributed by atoms with Gasteiger partial charge in [0.2, 0.25) is 0 Å². The van der Waals surface area contributed by atoms with Gasteiger partial charge < -0.3 is 0 Å². The van der Waals surface area contributed by atoms with E-state index in [4.69, 9.17) is 5.26 Å². The molecule has 0 unspecified atom stereocenters. The molecule has 0 aromatic rings. The third-order valence-corrected chi connectivity index (χ3v) is 1.69. The highest BCUT2D eigenvalue weighted by atomic mass is 32.1. The molecule has 3 heteroatoms. The van der Waals surface area contributed by atoms with Crippen LogP contribution in [0, 0.1) is 17.2 Å². The Morgan fingerprint density at radius 3 is 2.73 bits per heavy atom. The first-order valence-electron chi connectivity index (χ1n) is 3.82. The van der Waals surface area contributed by atoms with Crippen LogP contribution in [0.1, 0.15) is 32.6 Å². The highest BCUT2D eigenvalue weighted by Gasteiger charge is 2.09. The van der Waals surface area contributed by atoms with Crippen LogP contribution in [-0.4, -0.2) is 5.12 Å². The summed E-state index contributed by atoms with van der Waals surface area (Å²) in [7, 11) is 0. The van der Waals surface area contributed by atoms with E-state index >= 15 is 0 Å². The van der Waals surface area contributed by atoms with Crippen LogP contribution >= 0.6 is 12.6 Å². The zero-order chi connectivity index (χ0) is 8.69. The van der Waals surface area contributed by atoms with E-state index < -0.39 is 0 Å². The fourth-order valence-corrected chi connectivity index (χ4v) is 1.09. The van der Waals surface area contributed by atoms with Crippen LogP contribution in [0.15, 0.2) is 0 Å². The van der Waals surface area contributed by atoms with E-state index in [-0.39, 0.29) is 11.0 Å². The lowest BCUT2D eigenvalue weighted by atomic mass is 10.0. The second-order valence-corrected chi connectivity index (χ2v) is 3.06. The predicted molar refractivity (Wildman–Crippen MR) is 47.2 cm³/mol. The highest BCUT2D eigenvalue weighted by molar-refractivity contribution is 7.96. The van der Waals surface area contributed by atoms with Gasteiger partial charge in [0.1, 0.15) is 0 Å². The molecular formula is C8H13NOS. The highest BCUT2D eigenvalue weighted by Crippen LogP contribution is 2.12. The Balaban J connectivity index is 3.60. The zero-order valence-corrected chi connectivity index (χ0v) is 7.60. The van der Waals surface area contributed by atoms with Gasteiger partial charge in [-0.3, -0.25) is 4.79 Å². The summed E-state index contributed by atoms with van der Waals surface area (Å²) < 4.78 is 0. The van der Waals surface area contributed by atoms with Crippen molar-refractivity contribution in [2.45, 2.75) is 32.6 Å². The van der Waals surface area contributed by atoms with Crippen LogP contribution in [0.2, 0.25) is 0 Å². The van der Waals surface area contributed by atoms with Crippen molar-refractivity contribution in [3.8, 4) is 6.07 Å². The van der Waals surface area contributed by atoms with Gasteiger partial charge in [-0.25, -0.2) is 0 Å². The number of thiol groups is 1. The van der Waals surface area contributed by atoms with Crippen molar-refractivity contribution in [3.63, 3.8) is 0 Å². The molecule has 0 saturated heterocycles. The summed E-state index contributed by atoms with van der Waals surface area (Å²) in [4.78, 5) is 10.5. The summed E-state index contributed by atoms with van der Waals surface area (Å²) >= 11 is 3.62. The maximum atomic E-state index is 10.5. The van der Waals surface area contributed by atoms with Crippen molar-refractivity contribution in [1.82, 2.24) is 0 Å². The Hall–Kier alpha value is -0.490. The summed E-state index contributed by atoms with van der Waals surface area (Å²) in [5.74, 6) is -0.125. The molecule has 62 valence electrons. The molecule has 2 nitrogen and oxygen atoms in total. The standard InChI is InChI=1S/C8H13NOS/c1-2-3-4-7(6-9)5-8(10)11/h7H,2-5H2,1H3,(H,10,11)/t7-/m0/s1. The van der Waals surface area contributed by atoms with Gasteiger partial charge in [-0.05, 0) is 6.42 Å². The van der Waals surface area contributed by atoms with E-state index in [9.17, 15) is 4.79 Å². The summed E-state index contributed by atoms with van der Waals surface area (Å²) in [5.41, 5.74) is 0. The van der Waals surface area contributed by atoms with E-state index in [0.29, 0.717) is 6.42 Å². The van der Waals surface area contributed by atoms with Crippen LogP contribution in [0.4, 0.5) is 0 Å². The number of hydrogen-bond donors (Lipinski definition) is 1. The molecule has 0 bridgehead atoms. The third kappa shape index (κ3) is 5.93. The second-order valence-electron chi connectivity index (χ2n) is 2.57. The SMILES string of the molecule is CCCC[C@H](C#N)CC(=O)S. The number of rotatable bonds is 5. The van der Waals surface area contributed by atoms with Gasteiger partial charge >= 0.3 is 0 Å². The zero-order valence-electron chi connectivity index (χ0n) is 6.71. The Morgan fingerprint density at radius 2 is 2.36 bits per heavy atom. The van der Waals surface area contributed by atoms with Crippen LogP contribution < -0.4 is 0 Å². The average molecular weight is 171 g/mol. The second kappa shape index (κ2) is 6.23. The molecule has 0 heterocycles. The first-order valence-corrected chi connectivity index (χ1v) is 4.26. The molecule has 11 heavy (non-hydrogen) atoms. The normalized spacial score (nSPS) is 12.1. The van der Waals surface area contributed by atoms with Crippen LogP contribution in [0.5, 0.6) is 0 Å². The van der Waals surface area contributed by atoms with Crippen molar-refractivity contribution in [1.29, 1.82) is 5.26 Å². The molecule has 0 N–H and O–H groups in total. The van der Waals surface area contributed by atoms with Gasteiger partial charge in [0.25, 0.3) is 0 Å². The van der Waals surface area contributed by atoms with E-state index in [1.54, 1.807) is 0 Å². The van der Waals surface area contributed by atoms with Crippen LogP contribution in [0.3, 0.4) is 0 Å². The monoisotopic (exact) mass is 171 g/mol. The van der Waals surface area contributed by atoms with Gasteiger partial charge in [-0.1, -0.05) is 19.8 Å². The number of hydrogen-bond acceptors (Lipinski definition) is 2. The first-order chi connectivity index (χ1) is 5.20. The number of nitriles is 1. The summed E-state index contributed by atoms with van der Waals surface area (Å²) in [6.45, 7) is 2.07. The van der Waals surface area contributed by atoms with E-state index in [1.807, 2.05) is 0 Å². The lowest BCUT2D eigenvalue weighted by Gasteiger charge is -2.03. The van der Waals surface area contributed by atoms with Crippen molar-refractivity contribution >= 4 is 17.7 Å². The molecule has 0 fully saturated rings. The lowest BCUT2D eigenvalue weighted by Crippen LogP contribution is -2.01. The van der Waals surface area contributed by atoms with Crippen molar-refractivity contribution < 1.29 is 4.79 Å². The molecule has 0 aliphatic carbocycles. The van der Waals surface area contributed by atoms with Gasteiger partial charge in [0.05, 0.1) is 12.0 Å². The molecule has 0 saturated carbocycles. The maximum absolute atomic E-state index is 10.5. The smallest absolute Gasteiger partial charge is 0.187 e. The predicted octanol–water partition coefficient (Wildman–Crippen LogP) is 2.16. The quantitative estimate of drug-likeness (QED) is 0.644. The molecule has 0 spiro atoms. The minimum Gasteiger partial charge on any atom is -0.287 e. The topological polar surface area (TPSA) is 40.9 Å². The minimum absolute atomic E-state index is 0.125. The molecule has 0 aromatic carbocycles. The van der Waals surface area contributed by atoms with E-state index in [0.717, 1.165) is 19.3 Å². The Bertz CT molecular complexity index is 162. The summed E-state index contributed by atoms with van der Waals surface area (Å²) in [6, 6.07) is 2.10. The van der Waals surface area contributed by atoms with Gasteiger partial charge in [0, 0.05) is 6.42 Å². The molecule has 0 aromatic heterocycles. The molecular weight excluding hydrogens is 158 g/mol. The fourth-order valence-electron chi connectivity index (χ4n) is 0.874. The Morgan fingerprint density at radius 1 is 1.73 bits per heavy atom. The number of carbonyl (C=O) groups excluding carboxylic acids is 1. The van der Waals surface area contributed by atoms with Crippen molar-refractivity contribution in [2.75, 3.05) is 0 Å². The average Bonchev–Trinajstić information content (AvgIpc) is 1.97. The van der Waals surface area contributed by atoms with Gasteiger partial charge in [-0.2, -0.15) is 5.26 Å². The molecule has 0 radical (unpaired) electrons. The Labute approximate surface area is 73.0 Å². The van der Waals surface area contributed by atoms with Gasteiger partial charge in [0.15, 0.2) is 5.12 Å². The lowest BCUT2D eigenvalue weighted by molar-refractivity contribution is -0.111. The van der Waals surface area contributed by atoms with Crippen molar-refractivity contribution in [3.05, 3.63) is 0 Å². The van der Waals surface area contributed by atoms with Crippen LogP contribution in [-0.2, 0) is 4.79 Å². The first kappa shape index (κ1) is 10.5. The molecule has 0 rings (SSSR count). The summed E-state index contributed by atoms with van der Waals surface area (Å²) in [5, 5.41) is 8.38. The molecule has 0 amide bonds. The third-order valence-electron chi connectivity index (χ3n) is 1.51. The summed E-state index contributed by atoms with van der Waals surface area (Å²) in [6.07, 6.45) is 3.19. The van der Waals surface area contributed by atoms with Gasteiger partial charge in [-0.15, -0.1) is 12.6 Å². The number of carbonyl (C=O) groups is 1. The van der Waals surface area contributed by atoms with Crippen molar-refractivity contribution in [2.24, 2.45) is 5.92 Å². The van der Waals surface area contributed by atoms with Crippen LogP contribution in [0.25, 0.3) is 0 Å². The molecule has 0 aliphatic rings. The van der Waals surface area contributed by atoms with E-state index in [1.165, 1.54) is 0 Å². The van der Waals surface area contributed by atoms with E-state index in [2.05, 4.69) is 25.6 Å². The molecule has 1 atom stereocenters. The fraction of sp³-hybridized carbons (Fsp3) is 0.750. The largest absolute Gasteiger partial charge is 0.287 e. The number of nitrogens with zero attached hydrogens (tertiary/aromatic N) is 1. The Kier molecular flexibility index (Phi) is 5.96. The molecule has 0 aliphatic heterocycles.